The van der Waals surface area contributed by atoms with Gasteiger partial charge in [-0.2, -0.15) is 0 Å². The van der Waals surface area contributed by atoms with Gasteiger partial charge in [-0.05, 0) is 141 Å². The quantitative estimate of drug-likeness (QED) is 0.153. The van der Waals surface area contributed by atoms with Crippen LogP contribution in [0.4, 0.5) is 28.4 Å². The molecular weight excluding hydrogens is 717 g/mol. The molecule has 0 aliphatic heterocycles. The van der Waals surface area contributed by atoms with Gasteiger partial charge < -0.3 is 18.9 Å². The van der Waals surface area contributed by atoms with Crippen LogP contribution in [-0.2, 0) is 0 Å². The molecular formula is C55H42N4. The summed E-state index contributed by atoms with van der Waals surface area (Å²) in [6, 6.07) is 72.5. The van der Waals surface area contributed by atoms with Crippen molar-refractivity contribution in [2.75, 3.05) is 9.80 Å². The summed E-state index contributed by atoms with van der Waals surface area (Å²) < 4.78 is 4.76. The molecule has 2 aromatic heterocycles. The Bertz CT molecular complexity index is 2940. The summed E-state index contributed by atoms with van der Waals surface area (Å²) in [7, 11) is 0. The molecule has 1 aliphatic rings. The van der Waals surface area contributed by atoms with Gasteiger partial charge in [0, 0.05) is 67.1 Å². The van der Waals surface area contributed by atoms with Crippen molar-refractivity contribution in [1.29, 1.82) is 0 Å². The van der Waals surface area contributed by atoms with Crippen LogP contribution in [-0.4, -0.2) is 9.13 Å². The summed E-state index contributed by atoms with van der Waals surface area (Å²) in [6.45, 7) is 2.26. The Morgan fingerprint density at radius 1 is 0.356 bits per heavy atom. The third kappa shape index (κ3) is 5.92. The minimum atomic E-state index is 1.07. The number of hydrogen-bond acceptors (Lipinski definition) is 2. The molecule has 0 amide bonds. The first-order valence-electron chi connectivity index (χ1n) is 20.5. The third-order valence-corrected chi connectivity index (χ3v) is 11.9. The van der Waals surface area contributed by atoms with E-state index in [1.165, 1.54) is 54.9 Å². The number of hydrogen-bond donors (Lipinski definition) is 0. The van der Waals surface area contributed by atoms with Gasteiger partial charge in [0.1, 0.15) is 0 Å². The summed E-state index contributed by atoms with van der Waals surface area (Å²) in [6.07, 6.45) is 6.72. The van der Waals surface area contributed by atoms with Gasteiger partial charge in [-0.15, -0.1) is 0 Å². The van der Waals surface area contributed by atoms with Crippen LogP contribution >= 0.6 is 0 Å². The Balaban J connectivity index is 1.03. The first-order chi connectivity index (χ1) is 29.2. The number of benzene rings is 8. The maximum atomic E-state index is 2.39. The predicted octanol–water partition coefficient (Wildman–Crippen LogP) is 15.1. The molecule has 2 heterocycles. The summed E-state index contributed by atoms with van der Waals surface area (Å²) in [5.74, 6) is 0. The average Bonchev–Trinajstić information content (AvgIpc) is 3.82. The van der Waals surface area contributed by atoms with E-state index < -0.39 is 0 Å². The van der Waals surface area contributed by atoms with Crippen molar-refractivity contribution in [2.45, 2.75) is 19.8 Å². The molecule has 59 heavy (non-hydrogen) atoms. The number of fused-ring (bicyclic) bond motifs is 6. The number of rotatable bonds is 8. The number of para-hydroxylation sites is 5. The first-order valence-corrected chi connectivity index (χ1v) is 20.5. The fourth-order valence-electron chi connectivity index (χ4n) is 9.14. The van der Waals surface area contributed by atoms with E-state index in [0.717, 1.165) is 52.7 Å². The van der Waals surface area contributed by atoms with Crippen LogP contribution in [0.25, 0.3) is 55.0 Å². The molecule has 0 saturated heterocycles. The van der Waals surface area contributed by atoms with Gasteiger partial charge in [0.25, 0.3) is 0 Å². The molecule has 10 aromatic rings. The van der Waals surface area contributed by atoms with E-state index >= 15 is 0 Å². The first kappa shape index (κ1) is 34.7. The molecule has 0 unspecified atom stereocenters. The lowest BCUT2D eigenvalue weighted by Crippen LogP contribution is -2.18. The average molecular weight is 759 g/mol. The molecule has 0 atom stereocenters. The van der Waals surface area contributed by atoms with Gasteiger partial charge in [-0.3, -0.25) is 0 Å². The second kappa shape index (κ2) is 14.4. The molecule has 282 valence electrons. The molecule has 0 saturated carbocycles. The Morgan fingerprint density at radius 2 is 0.695 bits per heavy atom. The molecule has 0 radical (unpaired) electrons. The van der Waals surface area contributed by atoms with E-state index in [1.807, 2.05) is 0 Å². The second-order valence-electron chi connectivity index (χ2n) is 15.4. The van der Waals surface area contributed by atoms with Crippen molar-refractivity contribution in [3.8, 4) is 11.4 Å². The van der Waals surface area contributed by atoms with E-state index in [2.05, 4.69) is 238 Å². The zero-order chi connectivity index (χ0) is 39.3. The van der Waals surface area contributed by atoms with Crippen molar-refractivity contribution < 1.29 is 0 Å². The minimum absolute atomic E-state index is 1.07. The number of anilines is 5. The van der Waals surface area contributed by atoms with Crippen LogP contribution in [0.3, 0.4) is 0 Å². The fraction of sp³-hybridized carbons (Fsp3) is 0.0545. The Morgan fingerprint density at radius 3 is 1.10 bits per heavy atom. The van der Waals surface area contributed by atoms with Crippen LogP contribution in [0.5, 0.6) is 0 Å². The Kier molecular flexibility index (Phi) is 8.48. The van der Waals surface area contributed by atoms with E-state index in [4.69, 9.17) is 0 Å². The predicted molar refractivity (Wildman–Crippen MR) is 249 cm³/mol. The number of allylic oxidation sites excluding steroid dienone is 3. The monoisotopic (exact) mass is 758 g/mol. The van der Waals surface area contributed by atoms with Crippen LogP contribution < -0.4 is 9.80 Å². The van der Waals surface area contributed by atoms with Gasteiger partial charge in [0.2, 0.25) is 0 Å². The van der Waals surface area contributed by atoms with Gasteiger partial charge in [0.15, 0.2) is 0 Å². The number of nitrogens with zero attached hydrogens (tertiary/aromatic N) is 4. The normalized spacial score (nSPS) is 12.9. The molecule has 1 aliphatic carbocycles. The van der Waals surface area contributed by atoms with E-state index in [-0.39, 0.29) is 0 Å². The summed E-state index contributed by atoms with van der Waals surface area (Å²) >= 11 is 0. The molecule has 11 rings (SSSR count). The van der Waals surface area contributed by atoms with Crippen molar-refractivity contribution >= 4 is 72.0 Å². The van der Waals surface area contributed by atoms with E-state index in [1.54, 1.807) is 0 Å². The van der Waals surface area contributed by atoms with E-state index in [0.29, 0.717) is 0 Å². The Labute approximate surface area is 344 Å². The van der Waals surface area contributed by atoms with Crippen LogP contribution in [0, 0.1) is 0 Å². The third-order valence-electron chi connectivity index (χ3n) is 11.9. The maximum absolute atomic E-state index is 2.39. The van der Waals surface area contributed by atoms with Crippen LogP contribution in [0.2, 0.25) is 0 Å². The molecule has 8 aromatic carbocycles. The van der Waals surface area contributed by atoms with Gasteiger partial charge in [0.05, 0.1) is 22.1 Å². The van der Waals surface area contributed by atoms with Gasteiger partial charge >= 0.3 is 0 Å². The summed E-state index contributed by atoms with van der Waals surface area (Å²) in [5.41, 5.74) is 15.3. The van der Waals surface area contributed by atoms with E-state index in [9.17, 15) is 0 Å². The molecule has 0 fully saturated rings. The standard InChI is InChI=1S/C55H42N4/c1-39-15-5-10-22-51(39)57(40-16-3-2-4-17-40)44-33-27-41(28-34-44)56(42-29-35-45(36-30-42)58-52-23-11-6-18-47(52)48-19-7-12-24-53(48)58)43-31-37-46(38-32-43)59-54-25-13-8-20-49(54)50-21-9-14-26-55(50)59/h2-4,6-14,16-38H,5,15H2,1H3. The van der Waals surface area contributed by atoms with Crippen molar-refractivity contribution in [1.82, 2.24) is 9.13 Å². The lowest BCUT2D eigenvalue weighted by molar-refractivity contribution is 0.923. The molecule has 4 nitrogen and oxygen atoms in total. The lowest BCUT2D eigenvalue weighted by atomic mass is 10.0. The van der Waals surface area contributed by atoms with Crippen LogP contribution in [0.15, 0.2) is 224 Å². The molecule has 0 bridgehead atoms. The van der Waals surface area contributed by atoms with Crippen LogP contribution in [0.1, 0.15) is 19.8 Å². The number of aromatic nitrogens is 2. The van der Waals surface area contributed by atoms with Crippen molar-refractivity contribution in [3.05, 3.63) is 224 Å². The molecule has 4 heteroatoms. The highest BCUT2D eigenvalue weighted by Crippen LogP contribution is 2.41. The van der Waals surface area contributed by atoms with Gasteiger partial charge in [-0.25, -0.2) is 0 Å². The zero-order valence-electron chi connectivity index (χ0n) is 32.9. The Hall–Kier alpha value is -7.56. The smallest absolute Gasteiger partial charge is 0.0541 e. The topological polar surface area (TPSA) is 16.3 Å². The highest BCUT2D eigenvalue weighted by Gasteiger charge is 2.20. The fourth-order valence-corrected chi connectivity index (χ4v) is 9.14. The zero-order valence-corrected chi connectivity index (χ0v) is 32.9. The SMILES string of the molecule is CC1=C(N(c2ccccc2)c2ccc(N(c3ccc(-n4c5ccccc5c5ccccc54)cc3)c3ccc(-n4c5ccccc5c5ccccc54)cc3)cc2)C=CCC1. The summed E-state index contributed by atoms with van der Waals surface area (Å²) in [4.78, 5) is 4.76. The molecule has 0 spiro atoms. The maximum Gasteiger partial charge on any atom is 0.0541 e. The largest absolute Gasteiger partial charge is 0.311 e. The summed E-state index contributed by atoms with van der Waals surface area (Å²) in [5, 5.41) is 5.04. The minimum Gasteiger partial charge on any atom is -0.311 e. The second-order valence-corrected chi connectivity index (χ2v) is 15.4. The lowest BCUT2D eigenvalue weighted by Gasteiger charge is -2.31. The van der Waals surface area contributed by atoms with Gasteiger partial charge in [-0.1, -0.05) is 97.1 Å². The highest BCUT2D eigenvalue weighted by molar-refractivity contribution is 6.10. The molecule has 0 N–H and O–H groups in total. The highest BCUT2D eigenvalue weighted by atomic mass is 15.2. The van der Waals surface area contributed by atoms with Crippen molar-refractivity contribution in [2.24, 2.45) is 0 Å². The van der Waals surface area contributed by atoms with Crippen molar-refractivity contribution in [3.63, 3.8) is 0 Å².